The van der Waals surface area contributed by atoms with E-state index in [0.717, 1.165) is 17.7 Å². The Bertz CT molecular complexity index is 1030. The minimum Gasteiger partial charge on any atom is -0.493 e. The quantitative estimate of drug-likeness (QED) is 0.490. The molecule has 1 heterocycles. The Balaban J connectivity index is 1.57. The molecule has 0 unspecified atom stereocenters. The lowest BCUT2D eigenvalue weighted by atomic mass is 10.0. The van der Waals surface area contributed by atoms with E-state index in [1.54, 1.807) is 14.2 Å². The molecular formula is C23H24N2O4S. The van der Waals surface area contributed by atoms with E-state index in [9.17, 15) is 9.59 Å². The number of thiazole rings is 1. The van der Waals surface area contributed by atoms with Crippen LogP contribution in [0.25, 0.3) is 11.3 Å². The van der Waals surface area contributed by atoms with Gasteiger partial charge in [0, 0.05) is 29.3 Å². The molecule has 0 radical (unpaired) electrons. The van der Waals surface area contributed by atoms with Crippen LogP contribution in [0.5, 0.6) is 11.5 Å². The van der Waals surface area contributed by atoms with Gasteiger partial charge in [0.15, 0.2) is 22.4 Å². The molecule has 7 heteroatoms. The van der Waals surface area contributed by atoms with Gasteiger partial charge in [-0.15, -0.1) is 11.3 Å². The minimum absolute atomic E-state index is 0.0436. The molecule has 3 aromatic rings. The third kappa shape index (κ3) is 5.24. The Hall–Kier alpha value is -3.19. The Labute approximate surface area is 179 Å². The van der Waals surface area contributed by atoms with Gasteiger partial charge in [-0.05, 0) is 30.2 Å². The number of aromatic nitrogens is 1. The van der Waals surface area contributed by atoms with Crippen molar-refractivity contribution < 1.29 is 19.1 Å². The second-order valence-corrected chi connectivity index (χ2v) is 7.49. The van der Waals surface area contributed by atoms with Gasteiger partial charge in [0.25, 0.3) is 0 Å². The van der Waals surface area contributed by atoms with Crippen LogP contribution < -0.4 is 14.8 Å². The Kier molecular flexibility index (Phi) is 7.19. The van der Waals surface area contributed by atoms with Crippen LogP contribution in [0.15, 0.2) is 47.8 Å². The molecule has 0 saturated heterocycles. The van der Waals surface area contributed by atoms with Crippen molar-refractivity contribution in [1.82, 2.24) is 4.98 Å². The van der Waals surface area contributed by atoms with Crippen LogP contribution in [0, 0.1) is 0 Å². The van der Waals surface area contributed by atoms with Crippen molar-refractivity contribution in [3.8, 4) is 22.8 Å². The molecule has 156 valence electrons. The van der Waals surface area contributed by atoms with Gasteiger partial charge < -0.3 is 14.8 Å². The van der Waals surface area contributed by atoms with E-state index in [0.29, 0.717) is 22.2 Å². The molecule has 0 atom stereocenters. The molecule has 30 heavy (non-hydrogen) atoms. The molecule has 3 rings (SSSR count). The molecule has 1 amide bonds. The summed E-state index contributed by atoms with van der Waals surface area (Å²) in [6, 6.07) is 13.0. The Morgan fingerprint density at radius 3 is 2.40 bits per heavy atom. The summed E-state index contributed by atoms with van der Waals surface area (Å²) in [4.78, 5) is 29.0. The van der Waals surface area contributed by atoms with Gasteiger partial charge in [-0.3, -0.25) is 9.59 Å². The van der Waals surface area contributed by atoms with E-state index in [2.05, 4.69) is 17.2 Å². The summed E-state index contributed by atoms with van der Waals surface area (Å²) in [6.07, 6.45) is 1.20. The summed E-state index contributed by atoms with van der Waals surface area (Å²) in [6.45, 7) is 2.07. The van der Waals surface area contributed by atoms with Crippen molar-refractivity contribution in [2.45, 2.75) is 26.2 Å². The van der Waals surface area contributed by atoms with Gasteiger partial charge in [0.05, 0.1) is 19.9 Å². The Morgan fingerprint density at radius 1 is 1.00 bits per heavy atom. The molecule has 0 saturated carbocycles. The maximum atomic E-state index is 12.3. The number of rotatable bonds is 9. The van der Waals surface area contributed by atoms with E-state index in [-0.39, 0.29) is 24.5 Å². The second kappa shape index (κ2) is 10.0. The smallest absolute Gasteiger partial charge is 0.226 e. The largest absolute Gasteiger partial charge is 0.493 e. The summed E-state index contributed by atoms with van der Waals surface area (Å²) in [7, 11) is 3.16. The molecule has 0 spiro atoms. The number of nitrogens with one attached hydrogen (secondary N) is 1. The highest BCUT2D eigenvalue weighted by Crippen LogP contribution is 2.33. The maximum Gasteiger partial charge on any atom is 0.226 e. The van der Waals surface area contributed by atoms with E-state index >= 15 is 0 Å². The number of anilines is 1. The molecule has 0 aliphatic rings. The zero-order valence-electron chi connectivity index (χ0n) is 17.2. The topological polar surface area (TPSA) is 77.5 Å². The number of nitrogens with zero attached hydrogens (tertiary/aromatic N) is 1. The van der Waals surface area contributed by atoms with Crippen LogP contribution in [0.4, 0.5) is 5.13 Å². The van der Waals surface area contributed by atoms with Crippen molar-refractivity contribution in [3.63, 3.8) is 0 Å². The number of ketones is 1. The van der Waals surface area contributed by atoms with E-state index in [1.165, 1.54) is 16.9 Å². The number of carbonyl (C=O) groups excluding carboxylic acids is 2. The monoisotopic (exact) mass is 424 g/mol. The first-order chi connectivity index (χ1) is 14.5. The molecule has 0 aliphatic heterocycles. The van der Waals surface area contributed by atoms with E-state index < -0.39 is 0 Å². The van der Waals surface area contributed by atoms with Gasteiger partial charge in [0.1, 0.15) is 0 Å². The second-order valence-electron chi connectivity index (χ2n) is 6.63. The van der Waals surface area contributed by atoms with Crippen LogP contribution in [0.2, 0.25) is 0 Å². The van der Waals surface area contributed by atoms with Crippen LogP contribution in [-0.4, -0.2) is 30.9 Å². The summed E-state index contributed by atoms with van der Waals surface area (Å²) < 4.78 is 10.6. The normalized spacial score (nSPS) is 10.5. The van der Waals surface area contributed by atoms with Crippen LogP contribution in [0.1, 0.15) is 35.7 Å². The molecule has 0 fully saturated rings. The van der Waals surface area contributed by atoms with Gasteiger partial charge in [-0.2, -0.15) is 0 Å². The predicted molar refractivity (Wildman–Crippen MR) is 119 cm³/mol. The SMILES string of the molecule is CCc1ccc(C(=O)CCC(=O)Nc2nc(-c3ccc(OC)c(OC)c3)cs2)cc1. The third-order valence-electron chi connectivity index (χ3n) is 4.69. The molecule has 0 aliphatic carbocycles. The summed E-state index contributed by atoms with van der Waals surface area (Å²) in [5, 5.41) is 5.12. The number of benzene rings is 2. The van der Waals surface area contributed by atoms with E-state index in [4.69, 9.17) is 9.47 Å². The molecule has 1 aromatic heterocycles. The molecule has 6 nitrogen and oxygen atoms in total. The molecule has 2 aromatic carbocycles. The minimum atomic E-state index is -0.235. The van der Waals surface area contributed by atoms with Crippen molar-refractivity contribution >= 4 is 28.2 Å². The number of aryl methyl sites for hydroxylation is 1. The first-order valence-corrected chi connectivity index (χ1v) is 10.5. The van der Waals surface area contributed by atoms with E-state index in [1.807, 2.05) is 47.8 Å². The number of carbonyl (C=O) groups is 2. The number of Topliss-reactive ketones (excluding diaryl/α,β-unsaturated/α-hetero) is 1. The highest BCUT2D eigenvalue weighted by molar-refractivity contribution is 7.14. The predicted octanol–water partition coefficient (Wildman–Crippen LogP) is 4.99. The fourth-order valence-electron chi connectivity index (χ4n) is 2.94. The van der Waals surface area contributed by atoms with Gasteiger partial charge in [-0.1, -0.05) is 31.2 Å². The molecular weight excluding hydrogens is 400 g/mol. The summed E-state index contributed by atoms with van der Waals surface area (Å²) >= 11 is 1.33. The summed E-state index contributed by atoms with van der Waals surface area (Å²) in [5.41, 5.74) is 3.39. The van der Waals surface area contributed by atoms with Gasteiger partial charge in [-0.25, -0.2) is 4.98 Å². The maximum absolute atomic E-state index is 12.3. The highest BCUT2D eigenvalue weighted by atomic mass is 32.1. The number of ether oxygens (including phenoxy) is 2. The highest BCUT2D eigenvalue weighted by Gasteiger charge is 2.13. The summed E-state index contributed by atoms with van der Waals surface area (Å²) in [5.74, 6) is 0.970. The first kappa shape index (κ1) is 21.5. The van der Waals surface area contributed by atoms with Crippen molar-refractivity contribution in [2.24, 2.45) is 0 Å². The van der Waals surface area contributed by atoms with Crippen molar-refractivity contribution in [1.29, 1.82) is 0 Å². The first-order valence-electron chi connectivity index (χ1n) is 9.64. The Morgan fingerprint density at radius 2 is 1.73 bits per heavy atom. The van der Waals surface area contributed by atoms with Crippen LogP contribution in [0.3, 0.4) is 0 Å². The lowest BCUT2D eigenvalue weighted by molar-refractivity contribution is -0.116. The molecule has 0 bridgehead atoms. The van der Waals surface area contributed by atoms with Gasteiger partial charge in [0.2, 0.25) is 5.91 Å². The zero-order chi connectivity index (χ0) is 21.5. The fraction of sp³-hybridized carbons (Fsp3) is 0.261. The van der Waals surface area contributed by atoms with Gasteiger partial charge >= 0.3 is 0 Å². The average Bonchev–Trinajstić information content (AvgIpc) is 3.25. The van der Waals surface area contributed by atoms with Crippen molar-refractivity contribution in [3.05, 3.63) is 59.0 Å². The third-order valence-corrected chi connectivity index (χ3v) is 5.45. The zero-order valence-corrected chi connectivity index (χ0v) is 18.0. The number of methoxy groups -OCH3 is 2. The standard InChI is InChI=1S/C23H24N2O4S/c1-4-15-5-7-16(8-6-15)19(26)10-12-22(27)25-23-24-18(14-30-23)17-9-11-20(28-2)21(13-17)29-3/h5-9,11,13-14H,4,10,12H2,1-3H3,(H,24,25,27). The van der Waals surface area contributed by atoms with Crippen LogP contribution >= 0.6 is 11.3 Å². The molecule has 1 N–H and O–H groups in total. The number of hydrogen-bond acceptors (Lipinski definition) is 6. The van der Waals surface area contributed by atoms with Crippen LogP contribution in [-0.2, 0) is 11.2 Å². The number of hydrogen-bond donors (Lipinski definition) is 1. The average molecular weight is 425 g/mol. The van der Waals surface area contributed by atoms with Crippen molar-refractivity contribution in [2.75, 3.05) is 19.5 Å². The lowest BCUT2D eigenvalue weighted by Crippen LogP contribution is -2.13. The lowest BCUT2D eigenvalue weighted by Gasteiger charge is -2.08. The number of amides is 1. The fourth-order valence-corrected chi connectivity index (χ4v) is 3.67.